The first-order valence-corrected chi connectivity index (χ1v) is 8.55. The number of hydrogen-bond acceptors (Lipinski definition) is 7. The summed E-state index contributed by atoms with van der Waals surface area (Å²) in [6.07, 6.45) is 0.226. The molecule has 1 amide bonds. The Balaban J connectivity index is 1.77. The van der Waals surface area contributed by atoms with Crippen LogP contribution in [0.2, 0.25) is 0 Å². The molecule has 0 bridgehead atoms. The van der Waals surface area contributed by atoms with E-state index in [1.165, 1.54) is 14.2 Å². The zero-order valence-electron chi connectivity index (χ0n) is 15.8. The average molecular weight is 387 g/mol. The highest BCUT2D eigenvalue weighted by Gasteiger charge is 2.24. The second-order valence-corrected chi connectivity index (χ2v) is 6.01. The predicted molar refractivity (Wildman–Crippen MR) is 99.1 cm³/mol. The van der Waals surface area contributed by atoms with Crippen LogP contribution in [-0.4, -0.2) is 46.0 Å². The number of carbonyl (C=O) groups is 2. The van der Waals surface area contributed by atoms with Crippen molar-refractivity contribution in [3.63, 3.8) is 0 Å². The van der Waals surface area contributed by atoms with Crippen molar-refractivity contribution < 1.29 is 33.3 Å². The summed E-state index contributed by atoms with van der Waals surface area (Å²) in [5.74, 6) is 1.20. The summed E-state index contributed by atoms with van der Waals surface area (Å²) in [6, 6.07) is 9.24. The summed E-state index contributed by atoms with van der Waals surface area (Å²) in [4.78, 5) is 24.8. The van der Waals surface area contributed by atoms with E-state index in [-0.39, 0.29) is 13.2 Å². The summed E-state index contributed by atoms with van der Waals surface area (Å²) in [5, 5.41) is 2.71. The van der Waals surface area contributed by atoms with Crippen LogP contribution in [0.3, 0.4) is 0 Å². The van der Waals surface area contributed by atoms with Crippen LogP contribution in [-0.2, 0) is 16.0 Å². The zero-order valence-corrected chi connectivity index (χ0v) is 15.8. The minimum atomic E-state index is -0.874. The van der Waals surface area contributed by atoms with Gasteiger partial charge in [0, 0.05) is 12.0 Å². The molecule has 2 aromatic carbocycles. The number of methoxy groups -OCH3 is 3. The van der Waals surface area contributed by atoms with Crippen molar-refractivity contribution in [1.82, 2.24) is 5.32 Å². The molecule has 0 spiro atoms. The van der Waals surface area contributed by atoms with Gasteiger partial charge in [-0.25, -0.2) is 4.79 Å². The Kier molecular flexibility index (Phi) is 5.88. The smallest absolute Gasteiger partial charge is 0.328 e. The maximum Gasteiger partial charge on any atom is 0.328 e. The molecule has 8 nitrogen and oxygen atoms in total. The van der Waals surface area contributed by atoms with E-state index < -0.39 is 17.9 Å². The van der Waals surface area contributed by atoms with Gasteiger partial charge >= 0.3 is 5.97 Å². The number of carbonyl (C=O) groups excluding carboxylic acids is 2. The summed E-state index contributed by atoms with van der Waals surface area (Å²) in [5.41, 5.74) is 1.13. The number of benzene rings is 2. The third-order valence-electron chi connectivity index (χ3n) is 4.31. The fraction of sp³-hybridized carbons (Fsp3) is 0.300. The molecule has 1 aliphatic heterocycles. The van der Waals surface area contributed by atoms with Crippen LogP contribution in [0.5, 0.6) is 23.0 Å². The second kappa shape index (κ2) is 8.51. The third kappa shape index (κ3) is 4.11. The van der Waals surface area contributed by atoms with Crippen LogP contribution in [0.1, 0.15) is 15.9 Å². The molecule has 2 aromatic rings. The number of esters is 1. The number of amides is 1. The Labute approximate surface area is 162 Å². The van der Waals surface area contributed by atoms with Crippen LogP contribution >= 0.6 is 0 Å². The van der Waals surface area contributed by atoms with Gasteiger partial charge in [-0.15, -0.1) is 0 Å². The minimum absolute atomic E-state index is 0.116. The Hall–Kier alpha value is -3.42. The molecule has 1 heterocycles. The fourth-order valence-corrected chi connectivity index (χ4v) is 2.86. The van der Waals surface area contributed by atoms with E-state index in [2.05, 4.69) is 5.32 Å². The largest absolute Gasteiger partial charge is 0.493 e. The van der Waals surface area contributed by atoms with E-state index in [1.807, 2.05) is 0 Å². The summed E-state index contributed by atoms with van der Waals surface area (Å²) < 4.78 is 25.9. The molecule has 1 aliphatic rings. The molecule has 3 rings (SSSR count). The van der Waals surface area contributed by atoms with Crippen LogP contribution in [0.25, 0.3) is 0 Å². The Bertz CT molecular complexity index is 881. The first kappa shape index (κ1) is 19.3. The van der Waals surface area contributed by atoms with Crippen molar-refractivity contribution in [3.05, 3.63) is 47.5 Å². The van der Waals surface area contributed by atoms with Crippen molar-refractivity contribution in [1.29, 1.82) is 0 Å². The summed E-state index contributed by atoms with van der Waals surface area (Å²) in [7, 11) is 4.35. The van der Waals surface area contributed by atoms with Crippen molar-refractivity contribution in [2.75, 3.05) is 28.1 Å². The second-order valence-electron chi connectivity index (χ2n) is 6.01. The predicted octanol–water partition coefficient (Wildman–Crippen LogP) is 1.95. The minimum Gasteiger partial charge on any atom is -0.493 e. The van der Waals surface area contributed by atoms with Crippen LogP contribution in [0.15, 0.2) is 36.4 Å². The van der Waals surface area contributed by atoms with Gasteiger partial charge in [0.05, 0.1) is 21.3 Å². The van der Waals surface area contributed by atoms with Crippen LogP contribution in [0.4, 0.5) is 0 Å². The molecule has 8 heteroatoms. The molecule has 0 saturated carbocycles. The van der Waals surface area contributed by atoms with E-state index in [4.69, 9.17) is 23.7 Å². The van der Waals surface area contributed by atoms with Gasteiger partial charge in [-0.3, -0.25) is 4.79 Å². The molecule has 0 radical (unpaired) electrons. The number of hydrogen-bond donors (Lipinski definition) is 1. The van der Waals surface area contributed by atoms with Gasteiger partial charge in [-0.05, 0) is 35.9 Å². The lowest BCUT2D eigenvalue weighted by atomic mass is 10.0. The first-order valence-electron chi connectivity index (χ1n) is 8.55. The van der Waals surface area contributed by atoms with E-state index in [1.54, 1.807) is 43.5 Å². The lowest BCUT2D eigenvalue weighted by Gasteiger charge is -2.18. The molecule has 0 fully saturated rings. The number of ether oxygens (including phenoxy) is 5. The number of nitrogens with one attached hydrogen (secondary N) is 1. The van der Waals surface area contributed by atoms with E-state index in [0.29, 0.717) is 28.6 Å². The SMILES string of the molecule is COC(=O)C(Cc1ccc(OC)c(OC)c1)NC(=O)c1ccc2c(c1)OCO2. The molecule has 0 saturated heterocycles. The molecule has 1 N–H and O–H groups in total. The van der Waals surface area contributed by atoms with E-state index >= 15 is 0 Å². The topological polar surface area (TPSA) is 92.3 Å². The van der Waals surface area contributed by atoms with Gasteiger partial charge < -0.3 is 29.0 Å². The Morgan fingerprint density at radius 1 is 1.00 bits per heavy atom. The lowest BCUT2D eigenvalue weighted by molar-refractivity contribution is -0.142. The zero-order chi connectivity index (χ0) is 20.1. The lowest BCUT2D eigenvalue weighted by Crippen LogP contribution is -2.43. The highest BCUT2D eigenvalue weighted by molar-refractivity contribution is 5.97. The Morgan fingerprint density at radius 3 is 2.46 bits per heavy atom. The average Bonchev–Trinajstić information content (AvgIpc) is 3.20. The standard InChI is InChI=1S/C20H21NO7/c1-24-15-6-4-12(9-17(15)25-2)8-14(20(23)26-3)21-19(22)13-5-7-16-18(10-13)28-11-27-16/h4-7,9-10,14H,8,11H2,1-3H3,(H,21,22). The van der Waals surface area contributed by atoms with Crippen molar-refractivity contribution >= 4 is 11.9 Å². The molecule has 148 valence electrons. The maximum atomic E-state index is 12.6. The van der Waals surface area contributed by atoms with Crippen LogP contribution in [0, 0.1) is 0 Å². The highest BCUT2D eigenvalue weighted by atomic mass is 16.7. The maximum absolute atomic E-state index is 12.6. The third-order valence-corrected chi connectivity index (χ3v) is 4.31. The molecule has 28 heavy (non-hydrogen) atoms. The molecule has 1 unspecified atom stereocenters. The van der Waals surface area contributed by atoms with Crippen molar-refractivity contribution in [3.8, 4) is 23.0 Å². The van der Waals surface area contributed by atoms with Gasteiger partial charge in [0.2, 0.25) is 6.79 Å². The van der Waals surface area contributed by atoms with Gasteiger partial charge in [-0.1, -0.05) is 6.07 Å². The highest BCUT2D eigenvalue weighted by Crippen LogP contribution is 2.32. The van der Waals surface area contributed by atoms with Gasteiger partial charge in [0.15, 0.2) is 23.0 Å². The van der Waals surface area contributed by atoms with Crippen LogP contribution < -0.4 is 24.3 Å². The number of fused-ring (bicyclic) bond motifs is 1. The van der Waals surface area contributed by atoms with E-state index in [9.17, 15) is 9.59 Å². The quantitative estimate of drug-likeness (QED) is 0.726. The normalized spacial score (nSPS) is 12.8. The first-order chi connectivity index (χ1) is 13.5. The molecule has 1 atom stereocenters. The van der Waals surface area contributed by atoms with Gasteiger partial charge in [0.25, 0.3) is 5.91 Å². The molecule has 0 aromatic heterocycles. The van der Waals surface area contributed by atoms with Gasteiger partial charge in [-0.2, -0.15) is 0 Å². The summed E-state index contributed by atoms with van der Waals surface area (Å²) in [6.45, 7) is 0.116. The summed E-state index contributed by atoms with van der Waals surface area (Å²) >= 11 is 0. The monoisotopic (exact) mass is 387 g/mol. The van der Waals surface area contributed by atoms with Crippen molar-refractivity contribution in [2.45, 2.75) is 12.5 Å². The number of rotatable bonds is 7. The molecular formula is C20H21NO7. The van der Waals surface area contributed by atoms with Crippen molar-refractivity contribution in [2.24, 2.45) is 0 Å². The molecular weight excluding hydrogens is 366 g/mol. The molecule has 0 aliphatic carbocycles. The Morgan fingerprint density at radius 2 is 1.75 bits per heavy atom. The van der Waals surface area contributed by atoms with E-state index in [0.717, 1.165) is 5.56 Å². The fourth-order valence-electron chi connectivity index (χ4n) is 2.86. The van der Waals surface area contributed by atoms with Gasteiger partial charge in [0.1, 0.15) is 6.04 Å².